The molecule has 0 aromatic carbocycles. The lowest BCUT2D eigenvalue weighted by Gasteiger charge is -2.02. The minimum Gasteiger partial charge on any atom is -0.260 e. The average molecular weight is 535 g/mol. The molecule has 10 nitrogen and oxygen atoms in total. The Hall–Kier alpha value is -2.68. The highest BCUT2D eigenvalue weighted by atomic mass is 33.1. The summed E-state index contributed by atoms with van der Waals surface area (Å²) in [6, 6.07) is 3.53. The highest BCUT2D eigenvalue weighted by Gasteiger charge is 2.07. The molecule has 0 amide bonds. The lowest BCUT2D eigenvalue weighted by Crippen LogP contribution is -1.92. The topological polar surface area (TPSA) is 137 Å². The molecule has 0 saturated carbocycles. The highest BCUT2D eigenvalue weighted by molar-refractivity contribution is 8.76. The molecule has 0 radical (unpaired) electrons. The molecule has 0 bridgehead atoms. The first-order chi connectivity index (χ1) is 16.3. The van der Waals surface area contributed by atoms with E-state index >= 15 is 0 Å². The van der Waals surface area contributed by atoms with Crippen LogP contribution in [0.3, 0.4) is 0 Å². The van der Waals surface area contributed by atoms with Crippen molar-refractivity contribution in [2.75, 3.05) is 25.0 Å². The number of hydrogen-bond acceptors (Lipinski definition) is 12. The first-order valence-corrected chi connectivity index (χ1v) is 15.5. The van der Waals surface area contributed by atoms with Crippen LogP contribution in [-0.2, 0) is 21.6 Å². The van der Waals surface area contributed by atoms with Gasteiger partial charge in [0.05, 0.1) is 11.1 Å². The lowest BCUT2D eigenvalue weighted by atomic mass is 10.3. The standard InChI is InChI=1S/C16H10N8S2.2C2H6OS/c1-3-17-13(18-4-1)11-7-21-15(22-8-11)25-26-16-23-9-12(10-24-16)14-19-5-2-6-20-14;2*1-4(2)3/h1-10H;2*1-2H3. The summed E-state index contributed by atoms with van der Waals surface area (Å²) in [5.74, 6) is 1.19. The predicted octanol–water partition coefficient (Wildman–Crippen LogP) is 2.97. The van der Waals surface area contributed by atoms with Crippen LogP contribution in [0.5, 0.6) is 0 Å². The summed E-state index contributed by atoms with van der Waals surface area (Å²) in [4.78, 5) is 33.9. The van der Waals surface area contributed by atoms with Crippen molar-refractivity contribution in [3.05, 3.63) is 61.7 Å². The van der Waals surface area contributed by atoms with E-state index in [1.165, 1.54) is 21.6 Å². The molecule has 34 heavy (non-hydrogen) atoms. The third kappa shape index (κ3) is 11.0. The maximum Gasteiger partial charge on any atom is 0.198 e. The fourth-order valence-electron chi connectivity index (χ4n) is 1.92. The van der Waals surface area contributed by atoms with Gasteiger partial charge in [-0.3, -0.25) is 8.42 Å². The van der Waals surface area contributed by atoms with Gasteiger partial charge in [0, 0.05) is 96.2 Å². The fraction of sp³-hybridized carbons (Fsp3) is 0.200. The third-order valence-corrected chi connectivity index (χ3v) is 5.04. The molecule has 0 atom stereocenters. The van der Waals surface area contributed by atoms with Crippen LogP contribution in [0.15, 0.2) is 72.0 Å². The van der Waals surface area contributed by atoms with E-state index in [1.807, 2.05) is 0 Å². The molecule has 0 aliphatic heterocycles. The summed E-state index contributed by atoms with van der Waals surface area (Å²) in [5.41, 5.74) is 1.53. The molecule has 4 aromatic heterocycles. The van der Waals surface area contributed by atoms with Gasteiger partial charge in [-0.1, -0.05) is 0 Å². The van der Waals surface area contributed by atoms with E-state index in [0.717, 1.165) is 11.1 Å². The second-order valence-electron chi connectivity index (χ2n) is 6.30. The monoisotopic (exact) mass is 534 g/mol. The summed E-state index contributed by atoms with van der Waals surface area (Å²) >= 11 is 0. The number of rotatable bonds is 5. The van der Waals surface area contributed by atoms with E-state index in [9.17, 15) is 8.42 Å². The molecule has 0 spiro atoms. The Morgan fingerprint density at radius 1 is 0.529 bits per heavy atom. The van der Waals surface area contributed by atoms with Gasteiger partial charge in [-0.15, -0.1) is 0 Å². The van der Waals surface area contributed by atoms with Crippen molar-refractivity contribution >= 4 is 43.2 Å². The number of hydrogen-bond donors (Lipinski definition) is 0. The summed E-state index contributed by atoms with van der Waals surface area (Å²) in [7, 11) is 1.53. The Balaban J connectivity index is 0.000000446. The van der Waals surface area contributed by atoms with Gasteiger partial charge in [-0.05, 0) is 33.7 Å². The van der Waals surface area contributed by atoms with Crippen molar-refractivity contribution in [2.24, 2.45) is 0 Å². The minimum atomic E-state index is -0.611. The molecule has 14 heteroatoms. The smallest absolute Gasteiger partial charge is 0.198 e. The predicted molar refractivity (Wildman–Crippen MR) is 138 cm³/mol. The highest BCUT2D eigenvalue weighted by Crippen LogP contribution is 2.33. The van der Waals surface area contributed by atoms with Crippen molar-refractivity contribution in [2.45, 2.75) is 10.3 Å². The Morgan fingerprint density at radius 2 is 0.794 bits per heavy atom. The normalized spacial score (nSPS) is 10.2. The van der Waals surface area contributed by atoms with Crippen LogP contribution in [0.25, 0.3) is 22.8 Å². The molecule has 0 unspecified atom stereocenters. The van der Waals surface area contributed by atoms with Gasteiger partial charge < -0.3 is 0 Å². The second kappa shape index (κ2) is 15.3. The van der Waals surface area contributed by atoms with Crippen LogP contribution in [0.4, 0.5) is 0 Å². The van der Waals surface area contributed by atoms with E-state index < -0.39 is 21.6 Å². The Bertz CT molecular complexity index is 1070. The van der Waals surface area contributed by atoms with Gasteiger partial charge in [0.15, 0.2) is 22.0 Å². The zero-order chi connectivity index (χ0) is 24.8. The van der Waals surface area contributed by atoms with Gasteiger partial charge in [-0.2, -0.15) is 0 Å². The minimum absolute atomic E-state index is 0.596. The number of aromatic nitrogens is 8. The van der Waals surface area contributed by atoms with Crippen molar-refractivity contribution < 1.29 is 8.42 Å². The average Bonchev–Trinajstić information content (AvgIpc) is 2.84. The molecule has 0 fully saturated rings. The summed E-state index contributed by atoms with van der Waals surface area (Å²) < 4.78 is 19.1. The van der Waals surface area contributed by atoms with Gasteiger partial charge in [0.25, 0.3) is 0 Å². The van der Waals surface area contributed by atoms with E-state index in [0.29, 0.717) is 22.0 Å². The van der Waals surface area contributed by atoms with Crippen LogP contribution >= 0.6 is 21.6 Å². The maximum absolute atomic E-state index is 9.56. The quantitative estimate of drug-likeness (QED) is 0.275. The van der Waals surface area contributed by atoms with Gasteiger partial charge in [-0.25, -0.2) is 39.9 Å². The molecule has 0 N–H and O–H groups in total. The van der Waals surface area contributed by atoms with Crippen molar-refractivity contribution in [3.63, 3.8) is 0 Å². The van der Waals surface area contributed by atoms with Crippen LogP contribution in [0, 0.1) is 0 Å². The summed E-state index contributed by atoms with van der Waals surface area (Å²) in [6.45, 7) is 0. The zero-order valence-electron chi connectivity index (χ0n) is 18.8. The first kappa shape index (κ1) is 27.6. The van der Waals surface area contributed by atoms with E-state index in [1.54, 1.807) is 86.7 Å². The van der Waals surface area contributed by atoms with Gasteiger partial charge >= 0.3 is 0 Å². The molecule has 0 aliphatic rings. The molecule has 178 valence electrons. The van der Waals surface area contributed by atoms with Crippen LogP contribution in [0.1, 0.15) is 0 Å². The largest absolute Gasteiger partial charge is 0.260 e. The van der Waals surface area contributed by atoms with Crippen LogP contribution < -0.4 is 0 Å². The molecule has 4 aromatic rings. The SMILES string of the molecule is CS(C)=O.CS(C)=O.c1cnc(-c2cnc(SSc3ncc(-c4ncccn4)cn3)nc2)nc1. The van der Waals surface area contributed by atoms with E-state index in [4.69, 9.17) is 0 Å². The molecular weight excluding hydrogens is 513 g/mol. The third-order valence-electron chi connectivity index (χ3n) is 3.09. The second-order valence-corrected chi connectivity index (χ2v) is 11.3. The maximum atomic E-state index is 9.56. The molecule has 4 rings (SSSR count). The molecule has 0 aliphatic carbocycles. The Labute approximate surface area is 210 Å². The zero-order valence-corrected chi connectivity index (χ0v) is 22.1. The van der Waals surface area contributed by atoms with Crippen molar-refractivity contribution in [1.82, 2.24) is 39.9 Å². The van der Waals surface area contributed by atoms with E-state index in [2.05, 4.69) is 39.9 Å². The Morgan fingerprint density at radius 3 is 1.06 bits per heavy atom. The van der Waals surface area contributed by atoms with E-state index in [-0.39, 0.29) is 0 Å². The van der Waals surface area contributed by atoms with Gasteiger partial charge in [0.2, 0.25) is 0 Å². The first-order valence-electron chi connectivity index (χ1n) is 9.38. The molecule has 0 saturated heterocycles. The summed E-state index contributed by atoms with van der Waals surface area (Å²) in [6.07, 6.45) is 20.1. The van der Waals surface area contributed by atoms with Gasteiger partial charge in [0.1, 0.15) is 0 Å². The molecule has 4 heterocycles. The van der Waals surface area contributed by atoms with Crippen LogP contribution in [0.2, 0.25) is 0 Å². The van der Waals surface area contributed by atoms with Crippen molar-refractivity contribution in [3.8, 4) is 22.8 Å². The van der Waals surface area contributed by atoms with Crippen LogP contribution in [-0.4, -0.2) is 73.3 Å². The fourth-order valence-corrected chi connectivity index (χ4v) is 3.42. The van der Waals surface area contributed by atoms with Crippen molar-refractivity contribution in [1.29, 1.82) is 0 Å². The number of nitrogens with zero attached hydrogens (tertiary/aromatic N) is 8. The molecular formula is C20H22N8O2S4. The summed E-state index contributed by atoms with van der Waals surface area (Å²) in [5, 5.41) is 1.21. The Kier molecular flexibility index (Phi) is 12.4. The lowest BCUT2D eigenvalue weighted by molar-refractivity contribution is 0.689.